The van der Waals surface area contributed by atoms with E-state index in [0.717, 1.165) is 0 Å². The number of nitrogens with one attached hydrogen (secondary N) is 2. The SMILES string of the molecule is C[C@H](NC(=O)[C@H](Cc1ccccc1)N(C(=O)CCO)C(=O)[C@@H](Cc1ccccc1)NC(=O)OC(C)(C)C)C(=O)O. The Balaban J connectivity index is 2.56. The quantitative estimate of drug-likeness (QED) is 0.309. The van der Waals surface area contributed by atoms with Crippen molar-refractivity contribution in [3.63, 3.8) is 0 Å². The second-order valence-corrected chi connectivity index (χ2v) is 10.2. The molecular formula is C29H37N3O8. The van der Waals surface area contributed by atoms with Crippen LogP contribution in [0.2, 0.25) is 0 Å². The van der Waals surface area contributed by atoms with Gasteiger partial charge < -0.3 is 25.6 Å². The molecule has 0 aliphatic carbocycles. The summed E-state index contributed by atoms with van der Waals surface area (Å²) in [5, 5.41) is 23.7. The molecule has 0 spiro atoms. The minimum absolute atomic E-state index is 0.0347. The zero-order chi connectivity index (χ0) is 29.9. The molecule has 0 radical (unpaired) electrons. The van der Waals surface area contributed by atoms with Gasteiger partial charge in [-0.3, -0.25) is 24.1 Å². The van der Waals surface area contributed by atoms with Gasteiger partial charge in [0.1, 0.15) is 23.7 Å². The van der Waals surface area contributed by atoms with E-state index in [4.69, 9.17) is 4.74 Å². The van der Waals surface area contributed by atoms with E-state index in [1.165, 1.54) is 6.92 Å². The molecule has 11 nitrogen and oxygen atoms in total. The number of ether oxygens (including phenoxy) is 1. The van der Waals surface area contributed by atoms with Gasteiger partial charge in [-0.2, -0.15) is 0 Å². The van der Waals surface area contributed by atoms with E-state index >= 15 is 0 Å². The maximum atomic E-state index is 14.1. The summed E-state index contributed by atoms with van der Waals surface area (Å²) in [6.45, 7) is 5.62. The van der Waals surface area contributed by atoms with Crippen molar-refractivity contribution in [1.82, 2.24) is 15.5 Å². The number of carbonyl (C=O) groups is 5. The summed E-state index contributed by atoms with van der Waals surface area (Å²) in [7, 11) is 0. The van der Waals surface area contributed by atoms with Gasteiger partial charge in [0.25, 0.3) is 5.91 Å². The Morgan fingerprint density at radius 3 is 1.88 bits per heavy atom. The third-order valence-electron chi connectivity index (χ3n) is 5.72. The van der Waals surface area contributed by atoms with Crippen molar-refractivity contribution in [1.29, 1.82) is 0 Å². The van der Waals surface area contributed by atoms with E-state index in [0.29, 0.717) is 16.0 Å². The lowest BCUT2D eigenvalue weighted by Crippen LogP contribution is -2.60. The number of carbonyl (C=O) groups excluding carboxylic acids is 4. The lowest BCUT2D eigenvalue weighted by atomic mass is 9.99. The molecule has 0 saturated carbocycles. The predicted molar refractivity (Wildman–Crippen MR) is 146 cm³/mol. The van der Waals surface area contributed by atoms with Crippen molar-refractivity contribution in [2.75, 3.05) is 6.61 Å². The first kappa shape index (κ1) is 32.0. The van der Waals surface area contributed by atoms with E-state index in [1.807, 2.05) is 0 Å². The molecule has 3 atom stereocenters. The Hall–Kier alpha value is -4.25. The normalized spacial score (nSPS) is 13.3. The maximum absolute atomic E-state index is 14.1. The Labute approximate surface area is 233 Å². The van der Waals surface area contributed by atoms with E-state index in [-0.39, 0.29) is 12.8 Å². The number of rotatable bonds is 12. The molecule has 0 heterocycles. The Morgan fingerprint density at radius 1 is 0.875 bits per heavy atom. The van der Waals surface area contributed by atoms with Gasteiger partial charge in [-0.25, -0.2) is 4.79 Å². The number of imide groups is 1. The van der Waals surface area contributed by atoms with Crippen molar-refractivity contribution in [3.8, 4) is 0 Å². The molecule has 0 aromatic heterocycles. The van der Waals surface area contributed by atoms with Crippen LogP contribution in [0.3, 0.4) is 0 Å². The van der Waals surface area contributed by atoms with Gasteiger partial charge in [0, 0.05) is 12.8 Å². The average Bonchev–Trinajstić information content (AvgIpc) is 2.88. The highest BCUT2D eigenvalue weighted by Gasteiger charge is 2.39. The van der Waals surface area contributed by atoms with Crippen LogP contribution in [0.25, 0.3) is 0 Å². The fourth-order valence-corrected chi connectivity index (χ4v) is 3.84. The lowest BCUT2D eigenvalue weighted by molar-refractivity contribution is -0.154. The zero-order valence-electron chi connectivity index (χ0n) is 23.1. The van der Waals surface area contributed by atoms with Crippen LogP contribution in [-0.2, 0) is 36.8 Å². The molecule has 0 bridgehead atoms. The van der Waals surface area contributed by atoms with Crippen LogP contribution in [0.1, 0.15) is 45.2 Å². The van der Waals surface area contributed by atoms with Crippen LogP contribution in [0.15, 0.2) is 60.7 Å². The molecule has 11 heteroatoms. The minimum atomic E-state index is -1.48. The van der Waals surface area contributed by atoms with E-state index in [1.54, 1.807) is 81.4 Å². The highest BCUT2D eigenvalue weighted by Crippen LogP contribution is 2.17. The highest BCUT2D eigenvalue weighted by molar-refractivity contribution is 6.03. The first-order chi connectivity index (χ1) is 18.8. The monoisotopic (exact) mass is 555 g/mol. The molecule has 40 heavy (non-hydrogen) atoms. The van der Waals surface area contributed by atoms with E-state index in [9.17, 15) is 34.2 Å². The number of alkyl carbamates (subject to hydrolysis) is 1. The third kappa shape index (κ3) is 10.1. The van der Waals surface area contributed by atoms with Gasteiger partial charge in [-0.05, 0) is 38.8 Å². The standard InChI is InChI=1S/C29H37N3O8/c1-19(27(37)38)30-25(35)23(18-21-13-9-6-10-14-21)32(24(34)15-16-33)26(36)22(17-20-11-7-5-8-12-20)31-28(39)40-29(2,3)4/h5-14,19,22-23,33H,15-18H2,1-4H3,(H,30,35)(H,31,39)(H,37,38)/t19-,22+,23-/m0/s1. The Bertz CT molecular complexity index is 1160. The minimum Gasteiger partial charge on any atom is -0.480 e. The molecule has 2 aromatic rings. The summed E-state index contributed by atoms with van der Waals surface area (Å²) >= 11 is 0. The number of benzene rings is 2. The molecule has 216 valence electrons. The second-order valence-electron chi connectivity index (χ2n) is 10.2. The van der Waals surface area contributed by atoms with Crippen LogP contribution in [0.4, 0.5) is 4.79 Å². The van der Waals surface area contributed by atoms with E-state index in [2.05, 4.69) is 10.6 Å². The van der Waals surface area contributed by atoms with Gasteiger partial charge >= 0.3 is 12.1 Å². The predicted octanol–water partition coefficient (Wildman–Crippen LogP) is 2.06. The number of hydrogen-bond acceptors (Lipinski definition) is 7. The summed E-state index contributed by atoms with van der Waals surface area (Å²) in [6, 6.07) is 13.2. The van der Waals surface area contributed by atoms with E-state index < -0.39 is 66.5 Å². The van der Waals surface area contributed by atoms with Crippen molar-refractivity contribution in [2.24, 2.45) is 0 Å². The number of carboxylic acid groups (broad SMARTS) is 1. The molecule has 2 rings (SSSR count). The maximum Gasteiger partial charge on any atom is 0.408 e. The second kappa shape index (κ2) is 14.8. The zero-order valence-corrected chi connectivity index (χ0v) is 23.1. The van der Waals surface area contributed by atoms with Gasteiger partial charge in [-0.15, -0.1) is 0 Å². The summed E-state index contributed by atoms with van der Waals surface area (Å²) in [5.41, 5.74) is 0.384. The Morgan fingerprint density at radius 2 is 1.40 bits per heavy atom. The van der Waals surface area contributed by atoms with Crippen LogP contribution < -0.4 is 10.6 Å². The fourth-order valence-electron chi connectivity index (χ4n) is 3.84. The average molecular weight is 556 g/mol. The van der Waals surface area contributed by atoms with Crippen molar-refractivity contribution in [3.05, 3.63) is 71.8 Å². The van der Waals surface area contributed by atoms with Gasteiger partial charge in [-0.1, -0.05) is 60.7 Å². The first-order valence-corrected chi connectivity index (χ1v) is 12.9. The van der Waals surface area contributed by atoms with Gasteiger partial charge in [0.2, 0.25) is 11.8 Å². The largest absolute Gasteiger partial charge is 0.480 e. The number of aliphatic hydroxyl groups excluding tert-OH is 1. The van der Waals surface area contributed by atoms with Gasteiger partial charge in [0.05, 0.1) is 13.0 Å². The molecule has 0 fully saturated rings. The molecule has 0 saturated heterocycles. The van der Waals surface area contributed by atoms with Crippen LogP contribution in [0, 0.1) is 0 Å². The van der Waals surface area contributed by atoms with Crippen LogP contribution in [0.5, 0.6) is 0 Å². The molecule has 0 aliphatic rings. The van der Waals surface area contributed by atoms with Crippen molar-refractivity contribution in [2.45, 2.75) is 70.7 Å². The molecule has 0 unspecified atom stereocenters. The number of amides is 4. The fraction of sp³-hybridized carbons (Fsp3) is 0.414. The number of aliphatic hydroxyl groups is 1. The smallest absolute Gasteiger partial charge is 0.408 e. The third-order valence-corrected chi connectivity index (χ3v) is 5.72. The Kier molecular flexibility index (Phi) is 11.8. The first-order valence-electron chi connectivity index (χ1n) is 12.9. The molecule has 0 aliphatic heterocycles. The number of hydrogen-bond donors (Lipinski definition) is 4. The summed E-state index contributed by atoms with van der Waals surface area (Å²) in [6.07, 6.45) is -1.55. The number of carboxylic acids is 1. The number of nitrogens with zero attached hydrogens (tertiary/aromatic N) is 1. The molecule has 2 aromatic carbocycles. The topological polar surface area (TPSA) is 162 Å². The summed E-state index contributed by atoms with van der Waals surface area (Å²) < 4.78 is 5.34. The summed E-state index contributed by atoms with van der Waals surface area (Å²) in [4.78, 5) is 65.7. The lowest BCUT2D eigenvalue weighted by Gasteiger charge is -2.33. The summed E-state index contributed by atoms with van der Waals surface area (Å²) in [5.74, 6) is -3.96. The highest BCUT2D eigenvalue weighted by atomic mass is 16.6. The van der Waals surface area contributed by atoms with Gasteiger partial charge in [0.15, 0.2) is 0 Å². The molecule has 4 N–H and O–H groups in total. The molecular weight excluding hydrogens is 518 g/mol. The van der Waals surface area contributed by atoms with Crippen LogP contribution >= 0.6 is 0 Å². The van der Waals surface area contributed by atoms with Crippen molar-refractivity contribution < 1.29 is 38.9 Å². The number of aliphatic carboxylic acids is 1. The van der Waals surface area contributed by atoms with Crippen molar-refractivity contribution >= 4 is 29.8 Å². The van der Waals surface area contributed by atoms with Crippen LogP contribution in [-0.4, -0.2) is 75.2 Å². The molecule has 4 amide bonds.